The minimum atomic E-state index is -3.93. The van der Waals surface area contributed by atoms with Crippen LogP contribution in [0.2, 0.25) is 0 Å². The zero-order valence-corrected chi connectivity index (χ0v) is 11.9. The molecule has 1 saturated carbocycles. The van der Waals surface area contributed by atoms with Gasteiger partial charge in [0.25, 0.3) is 0 Å². The number of hydrogen-bond acceptors (Lipinski definition) is 2. The van der Waals surface area contributed by atoms with Crippen molar-refractivity contribution in [2.45, 2.75) is 37.1 Å². The summed E-state index contributed by atoms with van der Waals surface area (Å²) in [5.74, 6) is -0.0149. The molecule has 1 fully saturated rings. The van der Waals surface area contributed by atoms with Gasteiger partial charge in [0.2, 0.25) is 10.0 Å². The van der Waals surface area contributed by atoms with E-state index in [0.29, 0.717) is 11.4 Å². The predicted molar refractivity (Wildman–Crippen MR) is 75.2 cm³/mol. The molecule has 0 saturated heterocycles. The molecule has 0 bridgehead atoms. The van der Waals surface area contributed by atoms with Crippen molar-refractivity contribution in [1.82, 2.24) is 4.57 Å². The normalized spacial score (nSPS) is 17.1. The molecule has 1 aromatic carbocycles. The number of halogens is 1. The molecule has 0 amide bonds. The lowest BCUT2D eigenvalue weighted by atomic mass is 10.1. The quantitative estimate of drug-likeness (QED) is 0.946. The van der Waals surface area contributed by atoms with Crippen molar-refractivity contribution in [3.05, 3.63) is 30.2 Å². The molecular formula is C14H17FN2O2S. The summed E-state index contributed by atoms with van der Waals surface area (Å²) >= 11 is 0. The van der Waals surface area contributed by atoms with Crippen LogP contribution in [0.5, 0.6) is 0 Å². The van der Waals surface area contributed by atoms with Crippen LogP contribution >= 0.6 is 0 Å². The molecule has 2 aromatic rings. The van der Waals surface area contributed by atoms with Crippen LogP contribution in [0.4, 0.5) is 4.39 Å². The van der Waals surface area contributed by atoms with Gasteiger partial charge in [-0.15, -0.1) is 0 Å². The predicted octanol–water partition coefficient (Wildman–Crippen LogP) is 2.62. The highest BCUT2D eigenvalue weighted by molar-refractivity contribution is 7.89. The van der Waals surface area contributed by atoms with E-state index >= 15 is 0 Å². The van der Waals surface area contributed by atoms with E-state index in [-0.39, 0.29) is 10.3 Å². The maximum Gasteiger partial charge on any atom is 0.240 e. The Balaban J connectivity index is 2.15. The Morgan fingerprint density at radius 1 is 1.30 bits per heavy atom. The Bertz CT molecular complexity index is 746. The van der Waals surface area contributed by atoms with Gasteiger partial charge in [0.1, 0.15) is 10.7 Å². The van der Waals surface area contributed by atoms with Crippen molar-refractivity contribution >= 4 is 20.9 Å². The van der Waals surface area contributed by atoms with Gasteiger partial charge in [-0.3, -0.25) is 0 Å². The summed E-state index contributed by atoms with van der Waals surface area (Å²) in [7, 11) is -3.93. The molecule has 4 nitrogen and oxygen atoms in total. The van der Waals surface area contributed by atoms with Crippen molar-refractivity contribution in [1.29, 1.82) is 0 Å². The zero-order chi connectivity index (χ0) is 14.3. The van der Waals surface area contributed by atoms with Crippen molar-refractivity contribution in [3.8, 4) is 0 Å². The first-order valence-electron chi connectivity index (χ1n) is 6.77. The van der Waals surface area contributed by atoms with Gasteiger partial charge >= 0.3 is 0 Å². The fourth-order valence-electron chi connectivity index (χ4n) is 3.11. The molecule has 108 valence electrons. The number of primary sulfonamides is 1. The lowest BCUT2D eigenvalue weighted by Gasteiger charge is -2.11. The van der Waals surface area contributed by atoms with Gasteiger partial charge in [0.05, 0.1) is 10.9 Å². The Labute approximate surface area is 117 Å². The molecule has 0 radical (unpaired) electrons. The number of nitrogens with zero attached hydrogens (tertiary/aromatic N) is 1. The molecule has 1 aliphatic rings. The smallest absolute Gasteiger partial charge is 0.240 e. The van der Waals surface area contributed by atoms with Crippen molar-refractivity contribution in [3.63, 3.8) is 0 Å². The zero-order valence-electron chi connectivity index (χ0n) is 11.0. The molecule has 6 heteroatoms. The highest BCUT2D eigenvalue weighted by Crippen LogP contribution is 2.31. The Morgan fingerprint density at radius 2 is 2.00 bits per heavy atom. The second kappa shape index (κ2) is 4.86. The molecular weight excluding hydrogens is 279 g/mol. The third-order valence-electron chi connectivity index (χ3n) is 4.06. The molecule has 0 atom stereocenters. The van der Waals surface area contributed by atoms with Gasteiger partial charge in [-0.1, -0.05) is 18.9 Å². The molecule has 1 aromatic heterocycles. The minimum Gasteiger partial charge on any atom is -0.346 e. The van der Waals surface area contributed by atoms with Crippen LogP contribution in [0.15, 0.2) is 29.3 Å². The number of fused-ring (bicyclic) bond motifs is 1. The van der Waals surface area contributed by atoms with E-state index in [1.807, 2.05) is 4.57 Å². The van der Waals surface area contributed by atoms with Gasteiger partial charge in [0.15, 0.2) is 0 Å². The third kappa shape index (κ3) is 2.33. The van der Waals surface area contributed by atoms with Crippen LogP contribution in [0, 0.1) is 11.7 Å². The molecule has 2 N–H and O–H groups in total. The van der Waals surface area contributed by atoms with Crippen molar-refractivity contribution in [2.75, 3.05) is 0 Å². The lowest BCUT2D eigenvalue weighted by molar-refractivity contribution is 0.464. The van der Waals surface area contributed by atoms with Crippen LogP contribution in [-0.4, -0.2) is 13.0 Å². The fraction of sp³-hybridized carbons (Fsp3) is 0.429. The Kier molecular flexibility index (Phi) is 3.30. The SMILES string of the molecule is NS(=O)(=O)c1cn(CC2CCCC2)c2cccc(F)c12. The summed E-state index contributed by atoms with van der Waals surface area (Å²) in [6.07, 6.45) is 6.17. The van der Waals surface area contributed by atoms with Gasteiger partial charge < -0.3 is 4.57 Å². The second-order valence-corrected chi connectivity index (χ2v) is 7.01. The number of sulfonamides is 1. The van der Waals surface area contributed by atoms with Crippen LogP contribution in [0.25, 0.3) is 10.9 Å². The first kappa shape index (κ1) is 13.6. The molecule has 0 aliphatic heterocycles. The average molecular weight is 296 g/mol. The Morgan fingerprint density at radius 3 is 2.65 bits per heavy atom. The second-order valence-electron chi connectivity index (χ2n) is 5.48. The largest absolute Gasteiger partial charge is 0.346 e. The van der Waals surface area contributed by atoms with Crippen molar-refractivity contribution < 1.29 is 12.8 Å². The average Bonchev–Trinajstić information content (AvgIpc) is 2.98. The number of nitrogens with two attached hydrogens (primary N) is 1. The number of aromatic nitrogens is 1. The number of rotatable bonds is 3. The minimum absolute atomic E-state index is 0.105. The summed E-state index contributed by atoms with van der Waals surface area (Å²) in [5, 5.41) is 5.31. The van der Waals surface area contributed by atoms with E-state index in [4.69, 9.17) is 5.14 Å². The van der Waals surface area contributed by atoms with Crippen LogP contribution in [-0.2, 0) is 16.6 Å². The summed E-state index contributed by atoms with van der Waals surface area (Å²) in [6, 6.07) is 4.59. The molecule has 0 spiro atoms. The van der Waals surface area contributed by atoms with E-state index in [2.05, 4.69) is 0 Å². The van der Waals surface area contributed by atoms with E-state index in [9.17, 15) is 12.8 Å². The standard InChI is InChI=1S/C14H17FN2O2S/c15-11-6-3-7-12-14(11)13(20(16,18)19)9-17(12)8-10-4-1-2-5-10/h3,6-7,9-10H,1-2,4-5,8H2,(H2,16,18,19). The summed E-state index contributed by atoms with van der Waals surface area (Å²) in [6.45, 7) is 0.718. The monoisotopic (exact) mass is 296 g/mol. The lowest BCUT2D eigenvalue weighted by Crippen LogP contribution is -2.12. The number of benzene rings is 1. The first-order chi connectivity index (χ1) is 9.47. The van der Waals surface area contributed by atoms with Crippen LogP contribution in [0.3, 0.4) is 0 Å². The molecule has 1 heterocycles. The molecule has 0 unspecified atom stereocenters. The highest BCUT2D eigenvalue weighted by Gasteiger charge is 2.22. The maximum absolute atomic E-state index is 14.0. The molecule has 1 aliphatic carbocycles. The van der Waals surface area contributed by atoms with E-state index in [0.717, 1.165) is 19.4 Å². The van der Waals surface area contributed by atoms with Crippen LogP contribution < -0.4 is 5.14 Å². The topological polar surface area (TPSA) is 65.1 Å². The first-order valence-corrected chi connectivity index (χ1v) is 8.31. The van der Waals surface area contributed by atoms with Gasteiger partial charge in [-0.2, -0.15) is 0 Å². The third-order valence-corrected chi connectivity index (χ3v) is 4.98. The Hall–Kier alpha value is -1.40. The van der Waals surface area contributed by atoms with Crippen LogP contribution in [0.1, 0.15) is 25.7 Å². The highest BCUT2D eigenvalue weighted by atomic mass is 32.2. The molecule has 3 rings (SSSR count). The molecule has 20 heavy (non-hydrogen) atoms. The summed E-state index contributed by atoms with van der Waals surface area (Å²) in [4.78, 5) is -0.122. The summed E-state index contributed by atoms with van der Waals surface area (Å²) in [5.41, 5.74) is 0.598. The van der Waals surface area contributed by atoms with Gasteiger partial charge in [0, 0.05) is 12.7 Å². The van der Waals surface area contributed by atoms with E-state index in [1.54, 1.807) is 12.1 Å². The van der Waals surface area contributed by atoms with E-state index < -0.39 is 15.8 Å². The van der Waals surface area contributed by atoms with Gasteiger partial charge in [-0.25, -0.2) is 17.9 Å². The maximum atomic E-state index is 14.0. The van der Waals surface area contributed by atoms with Crippen molar-refractivity contribution in [2.24, 2.45) is 11.1 Å². The fourth-order valence-corrected chi connectivity index (χ4v) is 3.87. The summed E-state index contributed by atoms with van der Waals surface area (Å²) < 4.78 is 39.1. The number of hydrogen-bond donors (Lipinski definition) is 1. The van der Waals surface area contributed by atoms with Gasteiger partial charge in [-0.05, 0) is 30.9 Å². The van der Waals surface area contributed by atoms with E-state index in [1.165, 1.54) is 25.1 Å².